The van der Waals surface area contributed by atoms with Crippen molar-refractivity contribution in [2.24, 2.45) is 0 Å². The van der Waals surface area contributed by atoms with Gasteiger partial charge in [-0.05, 0) is 49.1 Å². The summed E-state index contributed by atoms with van der Waals surface area (Å²) >= 11 is 6.27. The maximum absolute atomic E-state index is 13.3. The zero-order valence-electron chi connectivity index (χ0n) is 18.2. The third kappa shape index (κ3) is 6.49. The molecule has 30 heavy (non-hydrogen) atoms. The van der Waals surface area contributed by atoms with Gasteiger partial charge < -0.3 is 15.0 Å². The lowest BCUT2D eigenvalue weighted by atomic mass is 10.1. The van der Waals surface area contributed by atoms with Gasteiger partial charge >= 0.3 is 0 Å². The fourth-order valence-electron chi connectivity index (χ4n) is 3.19. The molecule has 2 rings (SSSR count). The third-order valence-electron chi connectivity index (χ3n) is 5.20. The van der Waals surface area contributed by atoms with Crippen LogP contribution in [0.1, 0.15) is 44.7 Å². The number of hydrogen-bond acceptors (Lipinski definition) is 3. The summed E-state index contributed by atoms with van der Waals surface area (Å²) in [6, 6.07) is 14.3. The second-order valence-corrected chi connectivity index (χ2v) is 7.79. The van der Waals surface area contributed by atoms with E-state index in [0.717, 1.165) is 23.3 Å². The third-order valence-corrected chi connectivity index (χ3v) is 5.57. The van der Waals surface area contributed by atoms with Gasteiger partial charge in [0, 0.05) is 17.6 Å². The number of methoxy groups -OCH3 is 1. The minimum absolute atomic E-state index is 0.0491. The number of halogens is 1. The van der Waals surface area contributed by atoms with Crippen LogP contribution in [0.2, 0.25) is 5.02 Å². The molecular formula is C24H31ClN2O3. The Hall–Kier alpha value is -2.53. The van der Waals surface area contributed by atoms with E-state index in [1.807, 2.05) is 63.2 Å². The van der Waals surface area contributed by atoms with Crippen LogP contribution in [-0.2, 0) is 22.6 Å². The molecule has 0 aliphatic rings. The molecule has 2 amide bonds. The van der Waals surface area contributed by atoms with E-state index < -0.39 is 6.04 Å². The molecule has 2 atom stereocenters. The Labute approximate surface area is 184 Å². The second-order valence-electron chi connectivity index (χ2n) is 7.38. The van der Waals surface area contributed by atoms with Gasteiger partial charge in [-0.3, -0.25) is 9.59 Å². The molecule has 0 aliphatic heterocycles. The largest absolute Gasteiger partial charge is 0.497 e. The quantitative estimate of drug-likeness (QED) is 0.598. The molecule has 0 saturated heterocycles. The molecule has 162 valence electrons. The minimum atomic E-state index is -0.559. The Bertz CT molecular complexity index is 839. The van der Waals surface area contributed by atoms with Crippen LogP contribution in [-0.4, -0.2) is 35.9 Å². The van der Waals surface area contributed by atoms with Gasteiger partial charge in [-0.15, -0.1) is 0 Å². The number of carbonyl (C=O) groups is 2. The standard InChI is InChI=1S/C24H31ClN2O3/c1-5-17(3)26-24(29)22(6-2)27(16-18-11-13-20(30-4)14-12-18)23(28)15-19-9-7-8-10-21(19)25/h7-14,17,22H,5-6,15-16H2,1-4H3,(H,26,29)/t17-,22+/m1/s1. The van der Waals surface area contributed by atoms with E-state index >= 15 is 0 Å². The summed E-state index contributed by atoms with van der Waals surface area (Å²) in [7, 11) is 1.61. The van der Waals surface area contributed by atoms with Crippen molar-refractivity contribution >= 4 is 23.4 Å². The van der Waals surface area contributed by atoms with Gasteiger partial charge in [-0.2, -0.15) is 0 Å². The predicted molar refractivity (Wildman–Crippen MR) is 121 cm³/mol. The van der Waals surface area contributed by atoms with E-state index in [1.165, 1.54) is 0 Å². The van der Waals surface area contributed by atoms with Crippen LogP contribution >= 0.6 is 11.6 Å². The fraction of sp³-hybridized carbons (Fsp3) is 0.417. The van der Waals surface area contributed by atoms with Crippen molar-refractivity contribution in [2.45, 2.75) is 58.7 Å². The monoisotopic (exact) mass is 430 g/mol. The van der Waals surface area contributed by atoms with Gasteiger partial charge in [0.2, 0.25) is 11.8 Å². The minimum Gasteiger partial charge on any atom is -0.497 e. The maximum Gasteiger partial charge on any atom is 0.243 e. The van der Waals surface area contributed by atoms with Crippen LogP contribution in [0.5, 0.6) is 5.75 Å². The van der Waals surface area contributed by atoms with Gasteiger partial charge in [0.05, 0.1) is 13.5 Å². The number of hydrogen-bond donors (Lipinski definition) is 1. The van der Waals surface area contributed by atoms with Crippen LogP contribution < -0.4 is 10.1 Å². The summed E-state index contributed by atoms with van der Waals surface area (Å²) in [5.74, 6) is 0.479. The van der Waals surface area contributed by atoms with Crippen LogP contribution in [0.4, 0.5) is 0 Å². The van der Waals surface area contributed by atoms with E-state index in [-0.39, 0.29) is 24.3 Å². The number of nitrogens with zero attached hydrogens (tertiary/aromatic N) is 1. The molecule has 0 bridgehead atoms. The first-order valence-electron chi connectivity index (χ1n) is 10.4. The van der Waals surface area contributed by atoms with Crippen molar-refractivity contribution < 1.29 is 14.3 Å². The van der Waals surface area contributed by atoms with Crippen molar-refractivity contribution in [1.82, 2.24) is 10.2 Å². The molecule has 1 N–H and O–H groups in total. The summed E-state index contributed by atoms with van der Waals surface area (Å²) in [6.07, 6.45) is 1.49. The zero-order valence-corrected chi connectivity index (χ0v) is 18.9. The van der Waals surface area contributed by atoms with Crippen LogP contribution in [0.15, 0.2) is 48.5 Å². The summed E-state index contributed by atoms with van der Waals surface area (Å²) in [6.45, 7) is 6.23. The number of amides is 2. The Kier molecular flexibility index (Phi) is 9.18. The molecule has 0 aliphatic carbocycles. The van der Waals surface area contributed by atoms with Crippen LogP contribution in [0.3, 0.4) is 0 Å². The summed E-state index contributed by atoms with van der Waals surface area (Å²) < 4.78 is 5.22. The lowest BCUT2D eigenvalue weighted by Gasteiger charge is -2.31. The fourth-order valence-corrected chi connectivity index (χ4v) is 3.40. The predicted octanol–water partition coefficient (Wildman–Crippen LogP) is 4.61. The molecule has 0 spiro atoms. The Morgan fingerprint density at radius 3 is 2.30 bits per heavy atom. The molecule has 2 aromatic carbocycles. The molecule has 6 heteroatoms. The molecule has 0 radical (unpaired) electrons. The van der Waals surface area contributed by atoms with E-state index in [4.69, 9.17) is 16.3 Å². The highest BCUT2D eigenvalue weighted by atomic mass is 35.5. The van der Waals surface area contributed by atoms with Crippen molar-refractivity contribution in [3.8, 4) is 5.75 Å². The maximum atomic E-state index is 13.3. The van der Waals surface area contributed by atoms with Gasteiger partial charge in [0.25, 0.3) is 0 Å². The highest BCUT2D eigenvalue weighted by Gasteiger charge is 2.29. The smallest absolute Gasteiger partial charge is 0.243 e. The van der Waals surface area contributed by atoms with Gasteiger partial charge in [-0.1, -0.05) is 55.8 Å². The van der Waals surface area contributed by atoms with E-state index in [0.29, 0.717) is 18.0 Å². The summed E-state index contributed by atoms with van der Waals surface area (Å²) in [5, 5.41) is 3.56. The van der Waals surface area contributed by atoms with Crippen molar-refractivity contribution in [3.05, 3.63) is 64.7 Å². The first-order chi connectivity index (χ1) is 14.4. The average molecular weight is 431 g/mol. The molecule has 0 unspecified atom stereocenters. The summed E-state index contributed by atoms with van der Waals surface area (Å²) in [5.41, 5.74) is 1.68. The van der Waals surface area contributed by atoms with Crippen LogP contribution in [0, 0.1) is 0 Å². The molecular weight excluding hydrogens is 400 g/mol. The first kappa shape index (κ1) is 23.7. The molecule has 5 nitrogen and oxygen atoms in total. The molecule has 2 aromatic rings. The van der Waals surface area contributed by atoms with Gasteiger partial charge in [0.15, 0.2) is 0 Å². The Balaban J connectivity index is 2.30. The number of benzene rings is 2. The SMILES string of the molecule is CC[C@@H](C)NC(=O)[C@H](CC)N(Cc1ccc(OC)cc1)C(=O)Cc1ccccc1Cl. The number of carbonyl (C=O) groups excluding carboxylic acids is 2. The molecule has 0 saturated carbocycles. The first-order valence-corrected chi connectivity index (χ1v) is 10.7. The van der Waals surface area contributed by atoms with Gasteiger partial charge in [-0.25, -0.2) is 0 Å². The molecule has 0 heterocycles. The normalized spacial score (nSPS) is 12.7. The topological polar surface area (TPSA) is 58.6 Å². The second kappa shape index (κ2) is 11.6. The molecule has 0 fully saturated rings. The van der Waals surface area contributed by atoms with Crippen molar-refractivity contribution in [1.29, 1.82) is 0 Å². The lowest BCUT2D eigenvalue weighted by molar-refractivity contribution is -0.141. The van der Waals surface area contributed by atoms with Crippen molar-refractivity contribution in [2.75, 3.05) is 7.11 Å². The Morgan fingerprint density at radius 1 is 1.07 bits per heavy atom. The number of rotatable bonds is 10. The van der Waals surface area contributed by atoms with E-state index in [9.17, 15) is 9.59 Å². The van der Waals surface area contributed by atoms with E-state index in [1.54, 1.807) is 18.1 Å². The highest BCUT2D eigenvalue weighted by Crippen LogP contribution is 2.20. The van der Waals surface area contributed by atoms with Crippen LogP contribution in [0.25, 0.3) is 0 Å². The van der Waals surface area contributed by atoms with E-state index in [2.05, 4.69) is 5.32 Å². The van der Waals surface area contributed by atoms with Gasteiger partial charge in [0.1, 0.15) is 11.8 Å². The summed E-state index contributed by atoms with van der Waals surface area (Å²) in [4.78, 5) is 27.9. The number of ether oxygens (including phenoxy) is 1. The number of nitrogens with one attached hydrogen (secondary N) is 1. The lowest BCUT2D eigenvalue weighted by Crippen LogP contribution is -2.51. The Morgan fingerprint density at radius 2 is 1.73 bits per heavy atom. The molecule has 0 aromatic heterocycles. The highest BCUT2D eigenvalue weighted by molar-refractivity contribution is 6.31. The average Bonchev–Trinajstić information content (AvgIpc) is 2.75. The zero-order chi connectivity index (χ0) is 22.1. The van der Waals surface area contributed by atoms with Crippen molar-refractivity contribution in [3.63, 3.8) is 0 Å².